The number of hydrogen-bond acceptors (Lipinski definition) is 4. The monoisotopic (exact) mass is 529 g/mol. The maximum absolute atomic E-state index is 13.5. The third-order valence-corrected chi connectivity index (χ3v) is 7.57. The number of hydrogen-bond donors (Lipinski definition) is 0. The zero-order valence-corrected chi connectivity index (χ0v) is 23.3. The minimum Gasteiger partial charge on any atom is -0.497 e. The van der Waals surface area contributed by atoms with Crippen LogP contribution < -0.4 is 4.74 Å². The van der Waals surface area contributed by atoms with E-state index in [2.05, 4.69) is 83.5 Å². The standard InChI is InChI=1S/C33H40FN3O2/c1-26(34)33(38)37-24-21-35(22-25-37)20-23-36(27(2)28-14-16-31(39-3)17-15-28)19-18-32(29-10-6-4-7-11-29)30-12-8-5-9-13-30/h4-18,26-27H,19-25H2,1-3H3/t26?,27-/m1/s1. The minimum absolute atomic E-state index is 0.190. The summed E-state index contributed by atoms with van der Waals surface area (Å²) in [5, 5.41) is 0. The molecule has 206 valence electrons. The van der Waals surface area contributed by atoms with Crippen molar-refractivity contribution in [2.45, 2.75) is 26.1 Å². The largest absolute Gasteiger partial charge is 0.497 e. The van der Waals surface area contributed by atoms with Gasteiger partial charge >= 0.3 is 0 Å². The topological polar surface area (TPSA) is 36.0 Å². The molecule has 1 aliphatic heterocycles. The normalized spacial score (nSPS) is 15.6. The highest BCUT2D eigenvalue weighted by molar-refractivity contribution is 5.80. The summed E-state index contributed by atoms with van der Waals surface area (Å²) in [6, 6.07) is 29.6. The van der Waals surface area contributed by atoms with Gasteiger partial charge in [0.15, 0.2) is 6.17 Å². The van der Waals surface area contributed by atoms with E-state index < -0.39 is 12.1 Å². The maximum Gasteiger partial charge on any atom is 0.256 e. The Morgan fingerprint density at radius 2 is 1.46 bits per heavy atom. The number of piperazine rings is 1. The summed E-state index contributed by atoms with van der Waals surface area (Å²) in [5.74, 6) is 0.451. The molecule has 1 saturated heterocycles. The summed E-state index contributed by atoms with van der Waals surface area (Å²) in [6.45, 7) is 8.78. The molecular formula is C33H40FN3O2. The Hall–Kier alpha value is -3.48. The summed E-state index contributed by atoms with van der Waals surface area (Å²) in [7, 11) is 1.69. The van der Waals surface area contributed by atoms with E-state index in [0.29, 0.717) is 13.1 Å². The summed E-state index contributed by atoms with van der Waals surface area (Å²) < 4.78 is 18.9. The van der Waals surface area contributed by atoms with Gasteiger partial charge in [-0.05, 0) is 48.2 Å². The van der Waals surface area contributed by atoms with Gasteiger partial charge in [0.1, 0.15) is 5.75 Å². The number of ether oxygens (including phenoxy) is 1. The first kappa shape index (κ1) is 28.5. The van der Waals surface area contributed by atoms with Crippen molar-refractivity contribution >= 4 is 11.5 Å². The third-order valence-electron chi connectivity index (χ3n) is 7.57. The van der Waals surface area contributed by atoms with Crippen molar-refractivity contribution < 1.29 is 13.9 Å². The Bertz CT molecular complexity index is 1150. The van der Waals surface area contributed by atoms with Crippen LogP contribution in [0.1, 0.15) is 36.6 Å². The molecule has 6 heteroatoms. The number of carbonyl (C=O) groups excluding carboxylic acids is 1. The number of alkyl halides is 1. The van der Waals surface area contributed by atoms with Gasteiger partial charge in [-0.2, -0.15) is 0 Å². The van der Waals surface area contributed by atoms with Crippen LogP contribution in [0.3, 0.4) is 0 Å². The summed E-state index contributed by atoms with van der Waals surface area (Å²) >= 11 is 0. The van der Waals surface area contributed by atoms with Crippen LogP contribution in [0.2, 0.25) is 0 Å². The average molecular weight is 530 g/mol. The van der Waals surface area contributed by atoms with Crippen LogP contribution in [-0.4, -0.2) is 79.7 Å². The number of carbonyl (C=O) groups is 1. The second-order valence-corrected chi connectivity index (χ2v) is 10.1. The smallest absolute Gasteiger partial charge is 0.256 e. The molecule has 3 aromatic rings. The van der Waals surface area contributed by atoms with Crippen molar-refractivity contribution in [3.8, 4) is 5.75 Å². The molecule has 0 saturated carbocycles. The Kier molecular flexibility index (Phi) is 10.3. The molecule has 0 aliphatic carbocycles. The fraction of sp³-hybridized carbons (Fsp3) is 0.364. The Morgan fingerprint density at radius 3 is 1.97 bits per heavy atom. The molecule has 1 amide bonds. The van der Waals surface area contributed by atoms with Crippen molar-refractivity contribution in [1.82, 2.24) is 14.7 Å². The predicted molar refractivity (Wildman–Crippen MR) is 157 cm³/mol. The molecule has 1 heterocycles. The molecule has 1 aliphatic rings. The first-order chi connectivity index (χ1) is 19.0. The number of benzene rings is 3. The van der Waals surface area contributed by atoms with Crippen LogP contribution in [0.15, 0.2) is 91.0 Å². The first-order valence-electron chi connectivity index (χ1n) is 13.8. The number of amides is 1. The van der Waals surface area contributed by atoms with E-state index in [9.17, 15) is 9.18 Å². The molecule has 0 radical (unpaired) electrons. The molecule has 0 spiro atoms. The van der Waals surface area contributed by atoms with Gasteiger partial charge in [-0.3, -0.25) is 14.6 Å². The fourth-order valence-corrected chi connectivity index (χ4v) is 5.10. The lowest BCUT2D eigenvalue weighted by Crippen LogP contribution is -2.51. The van der Waals surface area contributed by atoms with Crippen molar-refractivity contribution in [1.29, 1.82) is 0 Å². The van der Waals surface area contributed by atoms with Crippen LogP contribution in [0, 0.1) is 0 Å². The molecule has 1 unspecified atom stereocenters. The van der Waals surface area contributed by atoms with Crippen LogP contribution in [-0.2, 0) is 4.79 Å². The van der Waals surface area contributed by atoms with E-state index in [1.807, 2.05) is 24.3 Å². The van der Waals surface area contributed by atoms with Gasteiger partial charge < -0.3 is 9.64 Å². The van der Waals surface area contributed by atoms with E-state index in [1.54, 1.807) is 12.0 Å². The maximum atomic E-state index is 13.5. The minimum atomic E-state index is -1.44. The van der Waals surface area contributed by atoms with E-state index in [-0.39, 0.29) is 6.04 Å². The summed E-state index contributed by atoms with van der Waals surface area (Å²) in [5.41, 5.74) is 4.85. The van der Waals surface area contributed by atoms with Crippen LogP contribution in [0.25, 0.3) is 5.57 Å². The lowest BCUT2D eigenvalue weighted by molar-refractivity contribution is -0.137. The molecule has 0 bridgehead atoms. The number of methoxy groups -OCH3 is 1. The highest BCUT2D eigenvalue weighted by Gasteiger charge is 2.25. The van der Waals surface area contributed by atoms with Gasteiger partial charge in [0.05, 0.1) is 7.11 Å². The van der Waals surface area contributed by atoms with Gasteiger partial charge in [-0.25, -0.2) is 4.39 Å². The molecular weight excluding hydrogens is 489 g/mol. The van der Waals surface area contributed by atoms with E-state index >= 15 is 0 Å². The van der Waals surface area contributed by atoms with Crippen LogP contribution in [0.4, 0.5) is 4.39 Å². The van der Waals surface area contributed by atoms with E-state index in [1.165, 1.54) is 29.2 Å². The molecule has 5 nitrogen and oxygen atoms in total. The molecule has 1 fully saturated rings. The van der Waals surface area contributed by atoms with Crippen LogP contribution >= 0.6 is 0 Å². The average Bonchev–Trinajstić information content (AvgIpc) is 2.99. The van der Waals surface area contributed by atoms with Crippen molar-refractivity contribution in [2.75, 3.05) is 52.9 Å². The van der Waals surface area contributed by atoms with Gasteiger partial charge in [0.2, 0.25) is 0 Å². The number of nitrogens with zero attached hydrogens (tertiary/aromatic N) is 3. The second kappa shape index (κ2) is 14.1. The Balaban J connectivity index is 1.52. The highest BCUT2D eigenvalue weighted by Crippen LogP contribution is 2.26. The zero-order chi connectivity index (χ0) is 27.6. The molecule has 0 aromatic heterocycles. The predicted octanol–water partition coefficient (Wildman–Crippen LogP) is 5.69. The fourth-order valence-electron chi connectivity index (χ4n) is 5.10. The number of halogens is 1. The van der Waals surface area contributed by atoms with Crippen molar-refractivity contribution in [2.24, 2.45) is 0 Å². The van der Waals surface area contributed by atoms with Gasteiger partial charge in [-0.1, -0.05) is 78.9 Å². The Labute approximate surface area is 232 Å². The number of rotatable bonds is 11. The van der Waals surface area contributed by atoms with Gasteiger partial charge in [-0.15, -0.1) is 0 Å². The van der Waals surface area contributed by atoms with Gasteiger partial charge in [0, 0.05) is 51.9 Å². The van der Waals surface area contributed by atoms with Crippen molar-refractivity contribution in [3.05, 3.63) is 108 Å². The lowest BCUT2D eigenvalue weighted by Gasteiger charge is -2.37. The summed E-state index contributed by atoms with van der Waals surface area (Å²) in [6.07, 6.45) is 0.900. The molecule has 4 rings (SSSR count). The van der Waals surface area contributed by atoms with Crippen LogP contribution in [0.5, 0.6) is 5.75 Å². The Morgan fingerprint density at radius 1 is 0.897 bits per heavy atom. The SMILES string of the molecule is COc1ccc([C@@H](C)N(CC=C(c2ccccc2)c2ccccc2)CCN2CCN(C(=O)C(C)F)CC2)cc1. The molecule has 0 N–H and O–H groups in total. The van der Waals surface area contributed by atoms with E-state index in [0.717, 1.165) is 38.5 Å². The lowest BCUT2D eigenvalue weighted by atomic mass is 9.97. The molecule has 3 aromatic carbocycles. The summed E-state index contributed by atoms with van der Waals surface area (Å²) in [4.78, 5) is 18.6. The highest BCUT2D eigenvalue weighted by atomic mass is 19.1. The first-order valence-corrected chi connectivity index (χ1v) is 13.8. The molecule has 39 heavy (non-hydrogen) atoms. The van der Waals surface area contributed by atoms with Crippen molar-refractivity contribution in [3.63, 3.8) is 0 Å². The second-order valence-electron chi connectivity index (χ2n) is 10.1. The molecule has 2 atom stereocenters. The van der Waals surface area contributed by atoms with Gasteiger partial charge in [0.25, 0.3) is 5.91 Å². The third kappa shape index (κ3) is 7.78. The van der Waals surface area contributed by atoms with E-state index in [4.69, 9.17) is 4.74 Å². The quantitative estimate of drug-likeness (QED) is 0.320. The zero-order valence-electron chi connectivity index (χ0n) is 23.3.